The fourth-order valence-electron chi connectivity index (χ4n) is 3.48. The summed E-state index contributed by atoms with van der Waals surface area (Å²) < 4.78 is 0. The number of amides is 1. The van der Waals surface area contributed by atoms with Crippen LogP contribution in [-0.4, -0.2) is 46.0 Å². The maximum absolute atomic E-state index is 12.7. The molecular formula is C20H19NO5. The van der Waals surface area contributed by atoms with Crippen LogP contribution in [0.1, 0.15) is 37.8 Å². The van der Waals surface area contributed by atoms with Gasteiger partial charge in [-0.1, -0.05) is 24.3 Å². The molecule has 1 heterocycles. The summed E-state index contributed by atoms with van der Waals surface area (Å²) in [6.07, 6.45) is 0. The quantitative estimate of drug-likeness (QED) is 0.881. The largest absolute Gasteiger partial charge is 0.481 e. The van der Waals surface area contributed by atoms with Gasteiger partial charge in [-0.15, -0.1) is 0 Å². The molecule has 2 aromatic rings. The highest BCUT2D eigenvalue weighted by Gasteiger charge is 2.41. The summed E-state index contributed by atoms with van der Waals surface area (Å²) in [6.45, 7) is 2.39. The predicted molar refractivity (Wildman–Crippen MR) is 94.4 cm³/mol. The molecule has 0 aliphatic carbocycles. The van der Waals surface area contributed by atoms with E-state index in [9.17, 15) is 19.5 Å². The highest BCUT2D eigenvalue weighted by atomic mass is 16.4. The first kappa shape index (κ1) is 17.7. The second-order valence-corrected chi connectivity index (χ2v) is 6.50. The number of benzene rings is 2. The lowest BCUT2D eigenvalue weighted by atomic mass is 9.86. The van der Waals surface area contributed by atoms with Gasteiger partial charge in [0.1, 0.15) is 0 Å². The molecule has 0 unspecified atom stereocenters. The minimum atomic E-state index is -1.06. The molecule has 3 rings (SSSR count). The molecule has 0 bridgehead atoms. The molecule has 0 radical (unpaired) electrons. The van der Waals surface area contributed by atoms with Crippen molar-refractivity contribution in [1.82, 2.24) is 4.90 Å². The van der Waals surface area contributed by atoms with Crippen LogP contribution in [0.2, 0.25) is 0 Å². The van der Waals surface area contributed by atoms with E-state index in [1.165, 1.54) is 29.2 Å². The summed E-state index contributed by atoms with van der Waals surface area (Å²) in [5.74, 6) is -3.20. The Hall–Kier alpha value is -3.15. The van der Waals surface area contributed by atoms with E-state index in [0.717, 1.165) is 11.1 Å². The Bertz CT molecular complexity index is 859. The number of carbonyl (C=O) groups excluding carboxylic acids is 1. The first-order valence-corrected chi connectivity index (χ1v) is 8.29. The number of likely N-dealkylation sites (tertiary alicyclic amines) is 1. The smallest absolute Gasteiger partial charge is 0.335 e. The predicted octanol–water partition coefficient (Wildman–Crippen LogP) is 2.63. The lowest BCUT2D eigenvalue weighted by molar-refractivity contribution is -0.141. The van der Waals surface area contributed by atoms with Crippen molar-refractivity contribution >= 4 is 17.8 Å². The number of hydrogen-bond acceptors (Lipinski definition) is 3. The van der Waals surface area contributed by atoms with E-state index in [2.05, 4.69) is 0 Å². The molecule has 6 nitrogen and oxygen atoms in total. The van der Waals surface area contributed by atoms with E-state index in [0.29, 0.717) is 12.1 Å². The Kier molecular flexibility index (Phi) is 4.75. The zero-order chi connectivity index (χ0) is 18.8. The molecule has 1 saturated heterocycles. The minimum absolute atomic E-state index is 0.101. The molecule has 0 saturated carbocycles. The summed E-state index contributed by atoms with van der Waals surface area (Å²) in [4.78, 5) is 36.9. The Morgan fingerprint density at radius 3 is 2.12 bits per heavy atom. The van der Waals surface area contributed by atoms with E-state index in [-0.39, 0.29) is 23.9 Å². The van der Waals surface area contributed by atoms with Gasteiger partial charge < -0.3 is 15.1 Å². The van der Waals surface area contributed by atoms with E-state index < -0.39 is 17.9 Å². The van der Waals surface area contributed by atoms with Crippen LogP contribution in [0, 0.1) is 12.8 Å². The average Bonchev–Trinajstić information content (AvgIpc) is 3.07. The van der Waals surface area contributed by atoms with Crippen LogP contribution < -0.4 is 0 Å². The van der Waals surface area contributed by atoms with Gasteiger partial charge in [0, 0.05) is 24.6 Å². The van der Waals surface area contributed by atoms with Gasteiger partial charge in [0.2, 0.25) is 0 Å². The van der Waals surface area contributed by atoms with E-state index in [4.69, 9.17) is 5.11 Å². The fourth-order valence-corrected chi connectivity index (χ4v) is 3.48. The van der Waals surface area contributed by atoms with Crippen molar-refractivity contribution in [3.8, 4) is 0 Å². The molecule has 2 aromatic carbocycles. The number of hydrogen-bond donors (Lipinski definition) is 2. The number of carboxylic acid groups (broad SMARTS) is 2. The van der Waals surface area contributed by atoms with Crippen molar-refractivity contribution in [2.45, 2.75) is 12.8 Å². The molecule has 0 aromatic heterocycles. The van der Waals surface area contributed by atoms with Crippen LogP contribution >= 0.6 is 0 Å². The van der Waals surface area contributed by atoms with Crippen molar-refractivity contribution in [3.05, 3.63) is 70.8 Å². The minimum Gasteiger partial charge on any atom is -0.481 e. The van der Waals surface area contributed by atoms with Crippen LogP contribution in [0.3, 0.4) is 0 Å². The highest BCUT2D eigenvalue weighted by molar-refractivity contribution is 5.96. The lowest BCUT2D eigenvalue weighted by Gasteiger charge is -2.18. The molecule has 2 N–H and O–H groups in total. The van der Waals surface area contributed by atoms with Crippen LogP contribution in [-0.2, 0) is 4.79 Å². The summed E-state index contributed by atoms with van der Waals surface area (Å²) in [5.41, 5.74) is 2.40. The Balaban J connectivity index is 1.85. The van der Waals surface area contributed by atoms with Gasteiger partial charge in [0.15, 0.2) is 0 Å². The number of aryl methyl sites for hydroxylation is 1. The first-order chi connectivity index (χ1) is 12.4. The maximum Gasteiger partial charge on any atom is 0.335 e. The Morgan fingerprint density at radius 1 is 0.923 bits per heavy atom. The van der Waals surface area contributed by atoms with E-state index in [1.807, 2.05) is 31.2 Å². The van der Waals surface area contributed by atoms with Gasteiger partial charge in [-0.2, -0.15) is 0 Å². The molecule has 2 atom stereocenters. The van der Waals surface area contributed by atoms with Crippen molar-refractivity contribution in [2.24, 2.45) is 5.92 Å². The third-order valence-corrected chi connectivity index (χ3v) is 4.89. The summed E-state index contributed by atoms with van der Waals surface area (Å²) in [6, 6.07) is 13.3. The van der Waals surface area contributed by atoms with Crippen LogP contribution in [0.5, 0.6) is 0 Å². The maximum atomic E-state index is 12.7. The lowest BCUT2D eigenvalue weighted by Crippen LogP contribution is -2.29. The fraction of sp³-hybridized carbons (Fsp3) is 0.250. The number of aromatic carboxylic acids is 1. The normalized spacial score (nSPS) is 19.3. The van der Waals surface area contributed by atoms with E-state index >= 15 is 0 Å². The average molecular weight is 353 g/mol. The third-order valence-electron chi connectivity index (χ3n) is 4.89. The third kappa shape index (κ3) is 3.31. The van der Waals surface area contributed by atoms with Crippen LogP contribution in [0.25, 0.3) is 0 Å². The van der Waals surface area contributed by atoms with Gasteiger partial charge in [-0.3, -0.25) is 9.59 Å². The second-order valence-electron chi connectivity index (χ2n) is 6.50. The SMILES string of the molecule is Cc1ccccc1[C@@H]1CN(C(=O)c2ccc(C(=O)O)cc2)C[C@H]1C(=O)O. The number of carboxylic acids is 2. The van der Waals surface area contributed by atoms with Crippen molar-refractivity contribution in [2.75, 3.05) is 13.1 Å². The van der Waals surface area contributed by atoms with Gasteiger partial charge in [0.05, 0.1) is 11.5 Å². The monoisotopic (exact) mass is 353 g/mol. The van der Waals surface area contributed by atoms with Gasteiger partial charge >= 0.3 is 11.9 Å². The molecule has 1 fully saturated rings. The van der Waals surface area contributed by atoms with Gasteiger partial charge in [-0.05, 0) is 42.3 Å². The van der Waals surface area contributed by atoms with Crippen LogP contribution in [0.4, 0.5) is 0 Å². The Labute approximate surface area is 150 Å². The molecule has 1 aliphatic rings. The first-order valence-electron chi connectivity index (χ1n) is 8.29. The summed E-state index contributed by atoms with van der Waals surface area (Å²) >= 11 is 0. The topological polar surface area (TPSA) is 94.9 Å². The van der Waals surface area contributed by atoms with Crippen molar-refractivity contribution in [3.63, 3.8) is 0 Å². The van der Waals surface area contributed by atoms with Crippen molar-refractivity contribution in [1.29, 1.82) is 0 Å². The Morgan fingerprint density at radius 2 is 1.54 bits per heavy atom. The van der Waals surface area contributed by atoms with Crippen molar-refractivity contribution < 1.29 is 24.6 Å². The zero-order valence-electron chi connectivity index (χ0n) is 14.3. The number of nitrogens with zero attached hydrogens (tertiary/aromatic N) is 1. The van der Waals surface area contributed by atoms with Gasteiger partial charge in [0.25, 0.3) is 5.91 Å². The molecule has 1 amide bonds. The number of aliphatic carboxylic acids is 1. The van der Waals surface area contributed by atoms with E-state index in [1.54, 1.807) is 0 Å². The molecule has 134 valence electrons. The summed E-state index contributed by atoms with van der Waals surface area (Å²) in [7, 11) is 0. The molecule has 1 aliphatic heterocycles. The number of carbonyl (C=O) groups is 3. The molecule has 26 heavy (non-hydrogen) atoms. The highest BCUT2D eigenvalue weighted by Crippen LogP contribution is 2.35. The molecular weight excluding hydrogens is 334 g/mol. The molecule has 0 spiro atoms. The molecule has 6 heteroatoms. The second kappa shape index (κ2) is 7.00. The zero-order valence-corrected chi connectivity index (χ0v) is 14.3. The van der Waals surface area contributed by atoms with Gasteiger partial charge in [-0.25, -0.2) is 4.79 Å². The standard InChI is InChI=1S/C20H19NO5/c1-12-4-2-3-5-15(12)16-10-21(11-17(16)20(25)26)18(22)13-6-8-14(9-7-13)19(23)24/h2-9,16-17H,10-11H2,1H3,(H,23,24)(H,25,26)/t16-,17+/m0/s1. The summed E-state index contributed by atoms with van der Waals surface area (Å²) in [5, 5.41) is 18.5. The number of rotatable bonds is 4. The van der Waals surface area contributed by atoms with Crippen LogP contribution in [0.15, 0.2) is 48.5 Å².